The number of hydrogen-bond acceptors (Lipinski definition) is 2. The van der Waals surface area contributed by atoms with Crippen LogP contribution in [0.25, 0.3) is 0 Å². The average molecular weight is 219 g/mol. The van der Waals surface area contributed by atoms with Crippen molar-refractivity contribution in [3.05, 3.63) is 0 Å². The lowest BCUT2D eigenvalue weighted by Crippen LogP contribution is -2.41. The highest BCUT2D eigenvalue weighted by atomic mass is 31.1. The lowest BCUT2D eigenvalue weighted by molar-refractivity contribution is -0.186. The van der Waals surface area contributed by atoms with Gasteiger partial charge < -0.3 is 5.32 Å². The van der Waals surface area contributed by atoms with E-state index in [4.69, 9.17) is 0 Å². The van der Waals surface area contributed by atoms with Crippen LogP contribution in [0.4, 0.5) is 17.6 Å². The van der Waals surface area contributed by atoms with E-state index >= 15 is 0 Å². The number of hydrogen-bond donors (Lipinski definition) is 1. The zero-order chi connectivity index (χ0) is 10.5. The Balaban J connectivity index is 3.90. The van der Waals surface area contributed by atoms with E-state index < -0.39 is 18.3 Å². The molecule has 0 saturated heterocycles. The number of carbonyl (C=O) groups excluding carboxylic acids is 1. The highest BCUT2D eigenvalue weighted by Gasteiger charge is 2.45. The first-order valence-electron chi connectivity index (χ1n) is 3.17. The molecule has 0 aliphatic rings. The Bertz CT molecular complexity index is 195. The fraction of sp³-hybridized carbons (Fsp3) is 0.800. The van der Waals surface area contributed by atoms with Crippen LogP contribution in [0.1, 0.15) is 0 Å². The molecule has 0 bridgehead atoms. The van der Waals surface area contributed by atoms with Crippen molar-refractivity contribution in [2.24, 2.45) is 0 Å². The van der Waals surface area contributed by atoms with E-state index in [-0.39, 0.29) is 21.2 Å². The van der Waals surface area contributed by atoms with Crippen LogP contribution in [0.15, 0.2) is 0 Å². The molecule has 0 aromatic carbocycles. The third-order valence-electron chi connectivity index (χ3n) is 1.02. The number of rotatable bonds is 4. The summed E-state index contributed by atoms with van der Waals surface area (Å²) in [4.78, 5) is 10.4. The average Bonchev–Trinajstić information content (AvgIpc) is 2.01. The molecule has 3 nitrogen and oxygen atoms in total. The molecular weight excluding hydrogens is 213 g/mol. The topological polar surface area (TPSA) is 46.2 Å². The summed E-state index contributed by atoms with van der Waals surface area (Å²) in [6, 6.07) is 0. The molecule has 0 aromatic heterocycles. The van der Waals surface area contributed by atoms with E-state index in [9.17, 15) is 26.9 Å². The third-order valence-corrected chi connectivity index (χ3v) is 1.43. The minimum absolute atomic E-state index is 0.0453. The van der Waals surface area contributed by atoms with Gasteiger partial charge in [0.05, 0.1) is 0 Å². The molecule has 0 fully saturated rings. The van der Waals surface area contributed by atoms with Crippen molar-refractivity contribution in [2.45, 2.75) is 12.3 Å². The van der Waals surface area contributed by atoms with Crippen LogP contribution in [0.5, 0.6) is 0 Å². The third kappa shape index (κ3) is 4.77. The summed E-state index contributed by atoms with van der Waals surface area (Å²) in [5.41, 5.74) is 0. The number of halogens is 4. The van der Waals surface area contributed by atoms with Crippen LogP contribution >= 0.6 is 8.46 Å². The van der Waals surface area contributed by atoms with Gasteiger partial charge in [0.1, 0.15) is 0 Å². The lowest BCUT2D eigenvalue weighted by atomic mass is 10.3. The summed E-state index contributed by atoms with van der Waals surface area (Å²) in [6.45, 7) is -0.250. The summed E-state index contributed by atoms with van der Waals surface area (Å²) in [5, 5.41) is 1.65. The van der Waals surface area contributed by atoms with Gasteiger partial charge in [-0.3, -0.25) is 9.36 Å². The maximum Gasteiger partial charge on any atom is 0.428 e. The minimum atomic E-state index is -5.18. The fourth-order valence-corrected chi connectivity index (χ4v) is 0.666. The second-order valence-corrected chi connectivity index (χ2v) is 2.75. The number of carbonyl (C=O) groups is 1. The maximum absolute atomic E-state index is 12.1. The Morgan fingerprint density at radius 3 is 2.38 bits per heavy atom. The van der Waals surface area contributed by atoms with Gasteiger partial charge in [-0.15, -0.1) is 0 Å². The summed E-state index contributed by atoms with van der Waals surface area (Å²) < 4.78 is 56.4. The summed E-state index contributed by atoms with van der Waals surface area (Å²) in [7, 11) is -0.318. The molecule has 0 radical (unpaired) electrons. The summed E-state index contributed by atoms with van der Waals surface area (Å²) in [6.07, 6.45) is -8.74. The van der Waals surface area contributed by atoms with Crippen molar-refractivity contribution in [1.82, 2.24) is 5.32 Å². The number of amides is 1. The van der Waals surface area contributed by atoms with Crippen molar-refractivity contribution in [2.75, 3.05) is 12.7 Å². The molecule has 1 atom stereocenters. The van der Waals surface area contributed by atoms with Crippen molar-refractivity contribution in [3.8, 4) is 0 Å². The standard InChI is InChI=1S/C5H6F4NO2P/c6-3(5(7,8)9)4(11)10-1-2-13-12/h3H,1-2H2,(H,10,11). The van der Waals surface area contributed by atoms with Crippen LogP contribution in [-0.4, -0.2) is 31.0 Å². The Hall–Kier alpha value is -0.710. The van der Waals surface area contributed by atoms with Gasteiger partial charge in [-0.25, -0.2) is 4.39 Å². The predicted molar refractivity (Wildman–Crippen MR) is 36.4 cm³/mol. The highest BCUT2D eigenvalue weighted by molar-refractivity contribution is 7.23. The molecule has 0 aliphatic heterocycles. The van der Waals surface area contributed by atoms with E-state index in [2.05, 4.69) is 0 Å². The number of alkyl halides is 4. The molecule has 1 amide bonds. The first-order valence-corrected chi connectivity index (χ1v) is 4.17. The van der Waals surface area contributed by atoms with Gasteiger partial charge in [0.25, 0.3) is 12.1 Å². The Labute approximate surface area is 72.7 Å². The first kappa shape index (κ1) is 12.3. The first-order chi connectivity index (χ1) is 5.89. The van der Waals surface area contributed by atoms with Crippen LogP contribution in [-0.2, 0) is 9.36 Å². The normalized spacial score (nSPS) is 14.2. The molecule has 1 unspecified atom stereocenters. The van der Waals surface area contributed by atoms with Crippen LogP contribution < -0.4 is 5.32 Å². The summed E-state index contributed by atoms with van der Waals surface area (Å²) in [5.74, 6) is -1.75. The summed E-state index contributed by atoms with van der Waals surface area (Å²) >= 11 is 0. The molecule has 8 heteroatoms. The van der Waals surface area contributed by atoms with Crippen molar-refractivity contribution >= 4 is 14.4 Å². The monoisotopic (exact) mass is 219 g/mol. The van der Waals surface area contributed by atoms with Gasteiger partial charge in [0, 0.05) is 12.7 Å². The van der Waals surface area contributed by atoms with E-state index in [0.717, 1.165) is 0 Å². The smallest absolute Gasteiger partial charge is 0.352 e. The zero-order valence-corrected chi connectivity index (χ0v) is 7.16. The highest BCUT2D eigenvalue weighted by Crippen LogP contribution is 2.22. The Morgan fingerprint density at radius 1 is 1.46 bits per heavy atom. The SMILES string of the molecule is O=PCCNC(=O)C(F)C(F)(F)F. The minimum Gasteiger partial charge on any atom is -0.352 e. The van der Waals surface area contributed by atoms with Crippen molar-refractivity contribution in [1.29, 1.82) is 0 Å². The molecule has 0 saturated carbocycles. The molecule has 76 valence electrons. The van der Waals surface area contributed by atoms with Gasteiger partial charge in [-0.1, -0.05) is 0 Å². The quantitative estimate of drug-likeness (QED) is 0.440. The second-order valence-electron chi connectivity index (χ2n) is 2.05. The van der Waals surface area contributed by atoms with Crippen LogP contribution in [0.3, 0.4) is 0 Å². The van der Waals surface area contributed by atoms with Gasteiger partial charge >= 0.3 is 6.18 Å². The Morgan fingerprint density at radius 2 is 2.00 bits per heavy atom. The van der Waals surface area contributed by atoms with Gasteiger partial charge in [0.2, 0.25) is 0 Å². The fourth-order valence-electron chi connectivity index (χ4n) is 0.463. The second kappa shape index (κ2) is 5.11. The van der Waals surface area contributed by atoms with E-state index in [1.165, 1.54) is 0 Å². The van der Waals surface area contributed by atoms with Gasteiger partial charge in [-0.2, -0.15) is 13.2 Å². The number of nitrogens with one attached hydrogen (secondary N) is 1. The van der Waals surface area contributed by atoms with Crippen molar-refractivity contribution in [3.63, 3.8) is 0 Å². The molecule has 13 heavy (non-hydrogen) atoms. The van der Waals surface area contributed by atoms with Crippen LogP contribution in [0.2, 0.25) is 0 Å². The van der Waals surface area contributed by atoms with Gasteiger partial charge in [-0.05, 0) is 0 Å². The lowest BCUT2D eigenvalue weighted by Gasteiger charge is -2.11. The molecule has 1 N–H and O–H groups in total. The van der Waals surface area contributed by atoms with Crippen molar-refractivity contribution < 1.29 is 26.9 Å². The van der Waals surface area contributed by atoms with Gasteiger partial charge in [0.15, 0.2) is 8.46 Å². The van der Waals surface area contributed by atoms with Crippen LogP contribution in [0, 0.1) is 0 Å². The largest absolute Gasteiger partial charge is 0.428 e. The van der Waals surface area contributed by atoms with E-state index in [1.54, 1.807) is 5.32 Å². The Kier molecular flexibility index (Phi) is 4.83. The molecule has 0 rings (SSSR count). The van der Waals surface area contributed by atoms with E-state index in [0.29, 0.717) is 0 Å². The van der Waals surface area contributed by atoms with E-state index in [1.807, 2.05) is 0 Å². The molecule has 0 aromatic rings. The molecule has 0 spiro atoms. The zero-order valence-electron chi connectivity index (χ0n) is 6.27. The molecule has 0 aliphatic carbocycles. The maximum atomic E-state index is 12.1. The molecular formula is C5H6F4NO2P. The predicted octanol–water partition coefficient (Wildman–Crippen LogP) is 1.29. The molecule has 0 heterocycles.